The predicted molar refractivity (Wildman–Crippen MR) is 145 cm³/mol. The summed E-state index contributed by atoms with van der Waals surface area (Å²) in [5.41, 5.74) is 4.89. The zero-order chi connectivity index (χ0) is 25.6. The molecule has 2 atom stereocenters. The average Bonchev–Trinajstić information content (AvgIpc) is 3.37. The number of β-amino-alcohol motifs (C(OH)–C–C–N with tert-alkyl or cyclic N) is 1. The Morgan fingerprint density at radius 3 is 2.78 bits per heavy atom. The molecule has 1 saturated heterocycles. The maximum atomic E-state index is 9.80. The van der Waals surface area contributed by atoms with Crippen LogP contribution < -0.4 is 4.74 Å². The maximum Gasteiger partial charge on any atom is 0.302 e. The summed E-state index contributed by atoms with van der Waals surface area (Å²) in [6.45, 7) is 4.97. The molecule has 3 aromatic rings. The predicted octanol–water partition coefficient (Wildman–Crippen LogP) is 4.81. The highest BCUT2D eigenvalue weighted by atomic mass is 16.5. The molecule has 2 aromatic heterocycles. The molecule has 1 N–H and O–H groups in total. The fourth-order valence-electron chi connectivity index (χ4n) is 4.99. The van der Waals surface area contributed by atoms with Crippen LogP contribution in [0.2, 0.25) is 0 Å². The van der Waals surface area contributed by atoms with E-state index in [2.05, 4.69) is 23.1 Å². The quantitative estimate of drug-likeness (QED) is 0.509. The van der Waals surface area contributed by atoms with E-state index in [1.807, 2.05) is 60.0 Å². The van der Waals surface area contributed by atoms with E-state index in [1.165, 1.54) is 0 Å². The van der Waals surface area contributed by atoms with Gasteiger partial charge in [-0.05, 0) is 44.0 Å². The summed E-state index contributed by atoms with van der Waals surface area (Å²) in [5.74, 6) is 0.360. The van der Waals surface area contributed by atoms with E-state index in [9.17, 15) is 10.4 Å². The fraction of sp³-hybridized carbons (Fsp3) is 0.300. The molecule has 0 bridgehead atoms. The lowest BCUT2D eigenvalue weighted by Crippen LogP contribution is -2.41. The molecule has 1 unspecified atom stereocenters. The Kier molecular flexibility index (Phi) is 7.59. The molecule has 0 spiro atoms. The number of piperidine rings is 1. The maximum absolute atomic E-state index is 9.80. The van der Waals surface area contributed by atoms with Crippen LogP contribution in [0.25, 0.3) is 22.5 Å². The third-order valence-electron chi connectivity index (χ3n) is 6.66. The fourth-order valence-corrected chi connectivity index (χ4v) is 4.99. The first-order valence-corrected chi connectivity index (χ1v) is 12.8. The van der Waals surface area contributed by atoms with Crippen molar-refractivity contribution in [3.05, 3.63) is 90.3 Å². The Balaban J connectivity index is 1.53. The third kappa shape index (κ3) is 5.72. The molecule has 0 amide bonds. The van der Waals surface area contributed by atoms with E-state index >= 15 is 0 Å². The van der Waals surface area contributed by atoms with E-state index in [4.69, 9.17) is 14.7 Å². The lowest BCUT2D eigenvalue weighted by Gasteiger charge is -2.33. The molecule has 1 fully saturated rings. The van der Waals surface area contributed by atoms with Gasteiger partial charge in [0, 0.05) is 37.0 Å². The summed E-state index contributed by atoms with van der Waals surface area (Å²) in [4.78, 5) is 12.0. The van der Waals surface area contributed by atoms with Crippen molar-refractivity contribution in [2.45, 2.75) is 25.9 Å². The van der Waals surface area contributed by atoms with Crippen LogP contribution in [0, 0.1) is 17.2 Å². The van der Waals surface area contributed by atoms with Crippen molar-refractivity contribution >= 4 is 11.2 Å². The normalized spacial score (nSPS) is 20.5. The molecular weight excluding hydrogens is 462 g/mol. The molecule has 5 rings (SSSR count). The van der Waals surface area contributed by atoms with Crippen LogP contribution >= 0.6 is 0 Å². The number of nitrogens with zero attached hydrogens (tertiary/aromatic N) is 5. The van der Waals surface area contributed by atoms with Crippen molar-refractivity contribution in [3.8, 4) is 23.3 Å². The Hall–Kier alpha value is -3.99. The molecule has 0 radical (unpaired) electrons. The number of hydrogen-bond donors (Lipinski definition) is 1. The second-order valence-corrected chi connectivity index (χ2v) is 9.61. The molecule has 1 aliphatic heterocycles. The van der Waals surface area contributed by atoms with Crippen LogP contribution in [0.1, 0.15) is 30.9 Å². The Bertz CT molecular complexity index is 1410. The number of fused-ring (bicyclic) bond motifs is 1. The second kappa shape index (κ2) is 11.4. The van der Waals surface area contributed by atoms with Crippen LogP contribution in [0.5, 0.6) is 6.01 Å². The molecule has 7 nitrogen and oxygen atoms in total. The lowest BCUT2D eigenvalue weighted by atomic mass is 9.98. The van der Waals surface area contributed by atoms with Gasteiger partial charge in [0.2, 0.25) is 0 Å². The van der Waals surface area contributed by atoms with E-state index in [0.29, 0.717) is 30.6 Å². The number of aliphatic hydroxyl groups excluding tert-OH is 1. The van der Waals surface area contributed by atoms with Crippen molar-refractivity contribution in [2.75, 3.05) is 26.2 Å². The monoisotopic (exact) mass is 493 g/mol. The molecule has 2 aliphatic rings. The minimum Gasteiger partial charge on any atom is -0.464 e. The highest BCUT2D eigenvalue weighted by Gasteiger charge is 2.24. The van der Waals surface area contributed by atoms with Crippen molar-refractivity contribution < 1.29 is 9.84 Å². The van der Waals surface area contributed by atoms with Gasteiger partial charge in [-0.25, -0.2) is 4.98 Å². The van der Waals surface area contributed by atoms with Crippen molar-refractivity contribution in [3.63, 3.8) is 0 Å². The zero-order valence-corrected chi connectivity index (χ0v) is 21.0. The van der Waals surface area contributed by atoms with E-state index in [0.717, 1.165) is 54.0 Å². The highest BCUT2D eigenvalue weighted by molar-refractivity contribution is 5.91. The summed E-state index contributed by atoms with van der Waals surface area (Å²) in [5, 5.41) is 19.1. The van der Waals surface area contributed by atoms with Crippen LogP contribution in [0.3, 0.4) is 0 Å². The lowest BCUT2D eigenvalue weighted by molar-refractivity contribution is 0.0778. The Morgan fingerprint density at radius 1 is 1.16 bits per heavy atom. The summed E-state index contributed by atoms with van der Waals surface area (Å²) in [6.07, 6.45) is 19.6. The van der Waals surface area contributed by atoms with Crippen molar-refractivity contribution in [1.29, 1.82) is 5.26 Å². The minimum absolute atomic E-state index is 0.337. The number of allylic oxidation sites excluding steroid dienone is 8. The average molecular weight is 494 g/mol. The smallest absolute Gasteiger partial charge is 0.302 e. The van der Waals surface area contributed by atoms with Crippen LogP contribution in [0.4, 0.5) is 0 Å². The third-order valence-corrected chi connectivity index (χ3v) is 6.66. The number of imidazole rings is 1. The van der Waals surface area contributed by atoms with Crippen molar-refractivity contribution in [2.24, 2.45) is 5.92 Å². The molecule has 3 heterocycles. The summed E-state index contributed by atoms with van der Waals surface area (Å²) >= 11 is 0. The van der Waals surface area contributed by atoms with Gasteiger partial charge in [-0.2, -0.15) is 10.2 Å². The number of likely N-dealkylation sites (tertiary alicyclic amines) is 1. The highest BCUT2D eigenvalue weighted by Crippen LogP contribution is 2.34. The molecule has 0 saturated carbocycles. The number of rotatable bonds is 7. The topological polar surface area (TPSA) is 86.7 Å². The van der Waals surface area contributed by atoms with Gasteiger partial charge in [0.25, 0.3) is 0 Å². The Labute approximate surface area is 217 Å². The van der Waals surface area contributed by atoms with Gasteiger partial charge in [-0.3, -0.25) is 4.40 Å². The van der Waals surface area contributed by atoms with Crippen LogP contribution in [-0.2, 0) is 0 Å². The minimum atomic E-state index is -0.337. The molecular formula is C30H31N5O2. The van der Waals surface area contributed by atoms with Gasteiger partial charge < -0.3 is 14.7 Å². The van der Waals surface area contributed by atoms with Crippen molar-refractivity contribution in [1.82, 2.24) is 19.3 Å². The van der Waals surface area contributed by atoms with Gasteiger partial charge in [0.15, 0.2) is 5.65 Å². The van der Waals surface area contributed by atoms with E-state index < -0.39 is 0 Å². The summed E-state index contributed by atoms with van der Waals surface area (Å²) < 4.78 is 8.28. The molecule has 7 heteroatoms. The van der Waals surface area contributed by atoms with Gasteiger partial charge in [0.1, 0.15) is 0 Å². The molecule has 1 aromatic carbocycles. The summed E-state index contributed by atoms with van der Waals surface area (Å²) in [7, 11) is 0. The second-order valence-electron chi connectivity index (χ2n) is 9.61. The number of ether oxygens (including phenoxy) is 1. The number of aromatic nitrogens is 3. The Morgan fingerprint density at radius 2 is 1.97 bits per heavy atom. The van der Waals surface area contributed by atoms with Gasteiger partial charge in [-0.1, -0.05) is 54.7 Å². The van der Waals surface area contributed by atoms with Gasteiger partial charge >= 0.3 is 6.01 Å². The van der Waals surface area contributed by atoms with Gasteiger partial charge in [-0.15, -0.1) is 0 Å². The number of aliphatic hydroxyl groups is 1. The number of nitriles is 1. The number of hydrogen-bond acceptors (Lipinski definition) is 6. The SMILES string of the molecule is C[C@H](O)CN1CCCC(COc2nc(-c3ccc(C#N)cc3)c(C3=C/C=C\C=C/C=C3)c3nccn23)C1. The van der Waals surface area contributed by atoms with E-state index in [1.54, 1.807) is 18.3 Å². The standard InChI is InChI=1S/C30H31N5O2/c1-22(36)19-34-16-7-8-24(20-34)21-37-30-33-28(26-13-11-23(18-31)12-14-26)27(29-32-15-17-35(29)30)25-9-5-3-2-4-6-10-25/h2-6,9-15,17,22,24,36H,7-8,16,19-21H2,1H3/b3-2-,4-2?,5-3?,6-4-,9-5?,10-6?,25-9?,25-10?/t22-,24?/m0/s1. The zero-order valence-electron chi connectivity index (χ0n) is 21.0. The van der Waals surface area contributed by atoms with Gasteiger partial charge in [0.05, 0.1) is 35.6 Å². The van der Waals surface area contributed by atoms with E-state index in [-0.39, 0.29) is 6.10 Å². The summed E-state index contributed by atoms with van der Waals surface area (Å²) in [6, 6.07) is 10.1. The molecule has 37 heavy (non-hydrogen) atoms. The van der Waals surface area contributed by atoms with Crippen LogP contribution in [-0.4, -0.2) is 56.7 Å². The first-order valence-electron chi connectivity index (χ1n) is 12.8. The first-order chi connectivity index (χ1) is 18.1. The largest absolute Gasteiger partial charge is 0.464 e. The first kappa shape index (κ1) is 24.7. The molecule has 188 valence electrons. The molecule has 1 aliphatic carbocycles. The number of benzene rings is 1. The van der Waals surface area contributed by atoms with Crippen LogP contribution in [0.15, 0.2) is 79.2 Å².